The maximum absolute atomic E-state index is 12.7. The number of para-hydroxylation sites is 1. The van der Waals surface area contributed by atoms with Gasteiger partial charge in [0.1, 0.15) is 11.9 Å². The summed E-state index contributed by atoms with van der Waals surface area (Å²) in [6.07, 6.45) is -0.134. The molecule has 0 saturated carbocycles. The molecule has 3 heterocycles. The van der Waals surface area contributed by atoms with E-state index >= 15 is 0 Å². The van der Waals surface area contributed by atoms with Gasteiger partial charge in [-0.15, -0.1) is 0 Å². The molecule has 3 aromatic rings. The largest absolute Gasteiger partial charge is 0.496 e. The van der Waals surface area contributed by atoms with Crippen LogP contribution in [0.1, 0.15) is 50.9 Å². The van der Waals surface area contributed by atoms with Crippen molar-refractivity contribution >= 4 is 10.9 Å². The summed E-state index contributed by atoms with van der Waals surface area (Å²) < 4.78 is 22.6. The summed E-state index contributed by atoms with van der Waals surface area (Å²) >= 11 is 0. The lowest BCUT2D eigenvalue weighted by molar-refractivity contribution is 0.0666. The molecule has 8 nitrogen and oxygen atoms in total. The first-order valence-corrected chi connectivity index (χ1v) is 12.3. The molecule has 1 aliphatic rings. The van der Waals surface area contributed by atoms with Crippen LogP contribution < -0.4 is 21.5 Å². The van der Waals surface area contributed by atoms with Crippen LogP contribution in [-0.4, -0.2) is 51.5 Å². The number of hydrogen-bond acceptors (Lipinski definition) is 5. The smallest absolute Gasteiger partial charge is 0.331 e. The van der Waals surface area contributed by atoms with Crippen molar-refractivity contribution in [3.63, 3.8) is 0 Å². The molecule has 0 bridgehead atoms. The standard InChI is InChI=1S/C14H17NO2.C13H20FN3O2/c1-9(2)12-13(17-4)10-7-5-6-8-11(10)15(3)14(12)16;1-9(2)17-12(18)6-11(15(3)13(17)19)4-5-16-7-10(14)8-16/h5-9H,1-4H3;6,9-10H,4-5,7-8H2,1-3H3. The molecule has 36 heavy (non-hydrogen) atoms. The number of halogens is 1. The molecule has 1 aromatic carbocycles. The van der Waals surface area contributed by atoms with E-state index in [1.54, 1.807) is 25.8 Å². The molecule has 0 radical (unpaired) electrons. The highest BCUT2D eigenvalue weighted by Gasteiger charge is 2.25. The Balaban J connectivity index is 0.000000202. The molecule has 1 fully saturated rings. The Morgan fingerprint density at radius 3 is 2.22 bits per heavy atom. The first-order valence-electron chi connectivity index (χ1n) is 12.3. The fourth-order valence-corrected chi connectivity index (χ4v) is 4.58. The molecule has 0 amide bonds. The Morgan fingerprint density at radius 1 is 1.03 bits per heavy atom. The SMILES string of the molecule is CC(C)n1c(=O)cc(CCN2CC(F)C2)n(C)c1=O.COc1c(C(C)C)c(=O)n(C)c2ccccc12. The minimum absolute atomic E-state index is 0.0237. The van der Waals surface area contributed by atoms with Crippen molar-refractivity contribution in [2.45, 2.75) is 52.2 Å². The van der Waals surface area contributed by atoms with Crippen LogP contribution in [0.25, 0.3) is 10.9 Å². The molecule has 9 heteroatoms. The molecule has 4 rings (SSSR count). The first-order chi connectivity index (χ1) is 17.0. The molecule has 196 valence electrons. The van der Waals surface area contributed by atoms with Gasteiger partial charge in [-0.05, 0) is 31.9 Å². The van der Waals surface area contributed by atoms with E-state index in [4.69, 9.17) is 4.74 Å². The summed E-state index contributed by atoms with van der Waals surface area (Å²) in [6.45, 7) is 9.22. The van der Waals surface area contributed by atoms with E-state index < -0.39 is 6.17 Å². The second kappa shape index (κ2) is 11.2. The predicted octanol–water partition coefficient (Wildman–Crippen LogP) is 2.99. The summed E-state index contributed by atoms with van der Waals surface area (Å²) in [5.41, 5.74) is 1.82. The van der Waals surface area contributed by atoms with Crippen molar-refractivity contribution in [2.75, 3.05) is 26.7 Å². The van der Waals surface area contributed by atoms with Gasteiger partial charge in [0.15, 0.2) is 0 Å². The quantitative estimate of drug-likeness (QED) is 0.520. The predicted molar refractivity (Wildman–Crippen MR) is 141 cm³/mol. The molecule has 0 unspecified atom stereocenters. The fourth-order valence-electron chi connectivity index (χ4n) is 4.58. The lowest BCUT2D eigenvalue weighted by Gasteiger charge is -2.34. The van der Waals surface area contributed by atoms with Gasteiger partial charge in [0, 0.05) is 63.3 Å². The molecular weight excluding hydrogens is 463 g/mol. The van der Waals surface area contributed by atoms with Crippen LogP contribution in [0.4, 0.5) is 4.39 Å². The summed E-state index contributed by atoms with van der Waals surface area (Å²) in [6, 6.07) is 9.16. The van der Waals surface area contributed by atoms with Gasteiger partial charge in [-0.3, -0.25) is 19.1 Å². The van der Waals surface area contributed by atoms with Crippen LogP contribution in [0, 0.1) is 0 Å². The number of pyridine rings is 1. The highest BCUT2D eigenvalue weighted by molar-refractivity contribution is 5.86. The van der Waals surface area contributed by atoms with E-state index in [0.717, 1.165) is 16.5 Å². The van der Waals surface area contributed by atoms with Gasteiger partial charge in [0.05, 0.1) is 18.2 Å². The van der Waals surface area contributed by atoms with Crippen LogP contribution in [0.5, 0.6) is 5.75 Å². The van der Waals surface area contributed by atoms with E-state index in [2.05, 4.69) is 0 Å². The van der Waals surface area contributed by atoms with Crippen molar-refractivity contribution in [2.24, 2.45) is 14.1 Å². The van der Waals surface area contributed by atoms with Crippen LogP contribution in [0.2, 0.25) is 0 Å². The minimum Gasteiger partial charge on any atom is -0.496 e. The van der Waals surface area contributed by atoms with Crippen LogP contribution in [0.3, 0.4) is 0 Å². The Hall–Kier alpha value is -3.20. The summed E-state index contributed by atoms with van der Waals surface area (Å²) in [5, 5.41) is 0.987. The maximum Gasteiger partial charge on any atom is 0.331 e. The Bertz CT molecular complexity index is 1400. The monoisotopic (exact) mass is 500 g/mol. The average Bonchev–Trinajstić information content (AvgIpc) is 2.81. The first kappa shape index (κ1) is 27.4. The van der Waals surface area contributed by atoms with Gasteiger partial charge < -0.3 is 13.9 Å². The molecular formula is C27H37FN4O4. The molecule has 2 aromatic heterocycles. The van der Waals surface area contributed by atoms with E-state index in [9.17, 15) is 18.8 Å². The number of hydrogen-bond donors (Lipinski definition) is 0. The Labute approximate surface area is 210 Å². The van der Waals surface area contributed by atoms with E-state index in [0.29, 0.717) is 37.5 Å². The van der Waals surface area contributed by atoms with Gasteiger partial charge in [-0.2, -0.15) is 0 Å². The third-order valence-corrected chi connectivity index (χ3v) is 6.64. The number of aryl methyl sites for hydroxylation is 1. The van der Waals surface area contributed by atoms with Crippen LogP contribution in [0.15, 0.2) is 44.7 Å². The zero-order valence-electron chi connectivity index (χ0n) is 22.2. The number of methoxy groups -OCH3 is 1. The van der Waals surface area contributed by atoms with Gasteiger partial charge in [-0.25, -0.2) is 9.18 Å². The molecule has 0 spiro atoms. The van der Waals surface area contributed by atoms with Crippen molar-refractivity contribution < 1.29 is 9.13 Å². The zero-order valence-corrected chi connectivity index (χ0v) is 22.2. The van der Waals surface area contributed by atoms with Gasteiger partial charge >= 0.3 is 5.69 Å². The number of fused-ring (bicyclic) bond motifs is 1. The van der Waals surface area contributed by atoms with E-state index in [1.807, 2.05) is 56.9 Å². The molecule has 1 aliphatic heterocycles. The molecule has 1 saturated heterocycles. The number of alkyl halides is 1. The van der Waals surface area contributed by atoms with Crippen molar-refractivity contribution in [1.29, 1.82) is 0 Å². The normalized spacial score (nSPS) is 14.2. The van der Waals surface area contributed by atoms with E-state index in [1.165, 1.54) is 15.2 Å². The Kier molecular flexibility index (Phi) is 8.55. The Morgan fingerprint density at radius 2 is 1.67 bits per heavy atom. The minimum atomic E-state index is -0.724. The third kappa shape index (κ3) is 5.46. The number of likely N-dealkylation sites (tertiary alicyclic amines) is 1. The molecule has 0 aliphatic carbocycles. The second-order valence-corrected chi connectivity index (χ2v) is 9.87. The lowest BCUT2D eigenvalue weighted by atomic mass is 10.0. The second-order valence-electron chi connectivity index (χ2n) is 9.87. The average molecular weight is 501 g/mol. The van der Waals surface area contributed by atoms with E-state index in [-0.39, 0.29) is 28.8 Å². The van der Waals surface area contributed by atoms with Crippen molar-refractivity contribution in [1.82, 2.24) is 18.6 Å². The third-order valence-electron chi connectivity index (χ3n) is 6.64. The number of rotatable bonds is 6. The zero-order chi connectivity index (χ0) is 26.7. The van der Waals surface area contributed by atoms with Gasteiger partial charge in [-0.1, -0.05) is 26.0 Å². The summed E-state index contributed by atoms with van der Waals surface area (Å²) in [4.78, 5) is 38.3. The number of aromatic nitrogens is 3. The van der Waals surface area contributed by atoms with Crippen molar-refractivity contribution in [3.8, 4) is 5.75 Å². The topological polar surface area (TPSA) is 78.5 Å². The fraction of sp³-hybridized carbons (Fsp3) is 0.519. The number of nitrogens with zero attached hydrogens (tertiary/aromatic N) is 4. The highest BCUT2D eigenvalue weighted by atomic mass is 19.1. The van der Waals surface area contributed by atoms with Crippen LogP contribution >= 0.6 is 0 Å². The van der Waals surface area contributed by atoms with Crippen LogP contribution in [-0.2, 0) is 20.5 Å². The number of benzene rings is 1. The summed E-state index contributed by atoms with van der Waals surface area (Å²) in [7, 11) is 5.09. The molecule has 0 atom stereocenters. The highest BCUT2D eigenvalue weighted by Crippen LogP contribution is 2.30. The lowest BCUT2D eigenvalue weighted by Crippen LogP contribution is -2.49. The summed E-state index contributed by atoms with van der Waals surface area (Å²) in [5.74, 6) is 0.854. The van der Waals surface area contributed by atoms with Gasteiger partial charge in [0.2, 0.25) is 0 Å². The molecule has 0 N–H and O–H groups in total. The maximum atomic E-state index is 12.7. The van der Waals surface area contributed by atoms with Crippen molar-refractivity contribution in [3.05, 3.63) is 72.8 Å². The van der Waals surface area contributed by atoms with Gasteiger partial charge in [0.25, 0.3) is 11.1 Å². The number of ether oxygens (including phenoxy) is 1.